The van der Waals surface area contributed by atoms with E-state index in [-0.39, 0.29) is 0 Å². The molecule has 0 aliphatic rings. The molecule has 15 heavy (non-hydrogen) atoms. The van der Waals surface area contributed by atoms with Crippen LogP contribution >= 0.6 is 15.9 Å². The Morgan fingerprint density at radius 2 is 2.00 bits per heavy atom. The quantitative estimate of drug-likeness (QED) is 0.885. The summed E-state index contributed by atoms with van der Waals surface area (Å²) in [5, 5.41) is 3.41. The van der Waals surface area contributed by atoms with E-state index in [2.05, 4.69) is 65.2 Å². The van der Waals surface area contributed by atoms with Crippen molar-refractivity contribution in [3.05, 3.63) is 28.7 Å². The second-order valence-corrected chi connectivity index (χ2v) is 4.84. The molecule has 0 aromatic heterocycles. The molecule has 0 aliphatic heterocycles. The van der Waals surface area contributed by atoms with Gasteiger partial charge in [0.05, 0.1) is 5.69 Å². The van der Waals surface area contributed by atoms with Crippen molar-refractivity contribution in [2.24, 2.45) is 0 Å². The topological polar surface area (TPSA) is 15.3 Å². The molecule has 0 fully saturated rings. The lowest BCUT2D eigenvalue weighted by atomic mass is 10.3. The Balaban J connectivity index is 2.47. The molecule has 2 nitrogen and oxygen atoms in total. The van der Waals surface area contributed by atoms with Gasteiger partial charge >= 0.3 is 0 Å². The summed E-state index contributed by atoms with van der Waals surface area (Å²) in [6, 6.07) is 8.85. The first-order valence-electron chi connectivity index (χ1n) is 5.30. The molecule has 0 spiro atoms. The van der Waals surface area contributed by atoms with E-state index >= 15 is 0 Å². The molecule has 0 bridgehead atoms. The predicted molar refractivity (Wildman–Crippen MR) is 70.6 cm³/mol. The van der Waals surface area contributed by atoms with Crippen LogP contribution in [0.15, 0.2) is 28.7 Å². The summed E-state index contributed by atoms with van der Waals surface area (Å²) >= 11 is 3.56. The zero-order valence-electron chi connectivity index (χ0n) is 9.63. The molecular formula is C12H19BrN2. The summed E-state index contributed by atoms with van der Waals surface area (Å²) in [6.07, 6.45) is 0. The summed E-state index contributed by atoms with van der Waals surface area (Å²) in [4.78, 5) is 2.25. The molecule has 3 heteroatoms. The van der Waals surface area contributed by atoms with E-state index in [4.69, 9.17) is 0 Å². The van der Waals surface area contributed by atoms with Gasteiger partial charge in [0.25, 0.3) is 0 Å². The molecule has 0 saturated heterocycles. The average Bonchev–Trinajstić information content (AvgIpc) is 2.17. The number of benzene rings is 1. The summed E-state index contributed by atoms with van der Waals surface area (Å²) < 4.78 is 1.15. The van der Waals surface area contributed by atoms with Crippen LogP contribution in [0.4, 0.5) is 5.69 Å². The van der Waals surface area contributed by atoms with Gasteiger partial charge in [0, 0.05) is 30.7 Å². The molecule has 0 saturated carbocycles. The molecule has 1 aromatic rings. The van der Waals surface area contributed by atoms with Crippen molar-refractivity contribution in [2.45, 2.75) is 19.9 Å². The fourth-order valence-electron chi connectivity index (χ4n) is 1.40. The molecule has 0 heterocycles. The van der Waals surface area contributed by atoms with Gasteiger partial charge in [0.15, 0.2) is 0 Å². The van der Waals surface area contributed by atoms with Crippen molar-refractivity contribution in [3.63, 3.8) is 0 Å². The van der Waals surface area contributed by atoms with Gasteiger partial charge in [-0.05, 0) is 28.1 Å². The molecule has 0 aliphatic carbocycles. The van der Waals surface area contributed by atoms with Crippen LogP contribution in [0.5, 0.6) is 0 Å². The van der Waals surface area contributed by atoms with Crippen LogP contribution in [0.25, 0.3) is 0 Å². The summed E-state index contributed by atoms with van der Waals surface area (Å²) in [6.45, 7) is 6.35. The van der Waals surface area contributed by atoms with E-state index < -0.39 is 0 Å². The third kappa shape index (κ3) is 4.22. The van der Waals surface area contributed by atoms with Gasteiger partial charge in [-0.15, -0.1) is 0 Å². The summed E-state index contributed by atoms with van der Waals surface area (Å²) in [5.41, 5.74) is 1.24. The van der Waals surface area contributed by atoms with E-state index in [1.165, 1.54) is 5.69 Å². The van der Waals surface area contributed by atoms with Gasteiger partial charge in [-0.25, -0.2) is 0 Å². The number of hydrogen-bond donors (Lipinski definition) is 1. The number of rotatable bonds is 5. The number of anilines is 1. The minimum absolute atomic E-state index is 0.553. The Morgan fingerprint density at radius 1 is 1.33 bits per heavy atom. The van der Waals surface area contributed by atoms with Crippen LogP contribution in [0.3, 0.4) is 0 Å². The van der Waals surface area contributed by atoms with E-state index in [9.17, 15) is 0 Å². The zero-order chi connectivity index (χ0) is 11.3. The van der Waals surface area contributed by atoms with Crippen LogP contribution in [-0.4, -0.2) is 26.2 Å². The molecule has 1 rings (SSSR count). The highest BCUT2D eigenvalue weighted by molar-refractivity contribution is 9.10. The number of hydrogen-bond acceptors (Lipinski definition) is 2. The largest absolute Gasteiger partial charge is 0.372 e. The minimum Gasteiger partial charge on any atom is -0.372 e. The molecule has 0 unspecified atom stereocenters. The highest BCUT2D eigenvalue weighted by Gasteiger charge is 2.03. The van der Waals surface area contributed by atoms with Crippen LogP contribution in [0.1, 0.15) is 13.8 Å². The van der Waals surface area contributed by atoms with Crippen molar-refractivity contribution in [3.8, 4) is 0 Å². The number of halogens is 1. The average molecular weight is 271 g/mol. The van der Waals surface area contributed by atoms with Crippen molar-refractivity contribution in [1.82, 2.24) is 5.32 Å². The highest BCUT2D eigenvalue weighted by Crippen LogP contribution is 2.24. The lowest BCUT2D eigenvalue weighted by Crippen LogP contribution is -2.32. The second-order valence-electron chi connectivity index (χ2n) is 3.98. The number of para-hydroxylation sites is 1. The van der Waals surface area contributed by atoms with Crippen LogP contribution in [0, 0.1) is 0 Å². The fourth-order valence-corrected chi connectivity index (χ4v) is 1.99. The van der Waals surface area contributed by atoms with Crippen molar-refractivity contribution >= 4 is 21.6 Å². The van der Waals surface area contributed by atoms with Crippen molar-refractivity contribution in [1.29, 1.82) is 0 Å². The van der Waals surface area contributed by atoms with Crippen LogP contribution < -0.4 is 10.2 Å². The van der Waals surface area contributed by atoms with Crippen molar-refractivity contribution in [2.75, 3.05) is 25.0 Å². The molecule has 0 radical (unpaired) electrons. The lowest BCUT2D eigenvalue weighted by Gasteiger charge is -2.21. The van der Waals surface area contributed by atoms with E-state index in [0.717, 1.165) is 17.6 Å². The third-order valence-corrected chi connectivity index (χ3v) is 2.93. The van der Waals surface area contributed by atoms with Crippen LogP contribution in [-0.2, 0) is 0 Å². The van der Waals surface area contributed by atoms with Gasteiger partial charge in [-0.1, -0.05) is 26.0 Å². The Hall–Kier alpha value is -0.540. The normalized spacial score (nSPS) is 10.7. The van der Waals surface area contributed by atoms with Gasteiger partial charge < -0.3 is 10.2 Å². The van der Waals surface area contributed by atoms with Gasteiger partial charge in [-0.2, -0.15) is 0 Å². The first-order valence-corrected chi connectivity index (χ1v) is 6.09. The molecule has 84 valence electrons. The molecule has 1 N–H and O–H groups in total. The fraction of sp³-hybridized carbons (Fsp3) is 0.500. The highest BCUT2D eigenvalue weighted by atomic mass is 79.9. The lowest BCUT2D eigenvalue weighted by molar-refractivity contribution is 0.589. The molecule has 0 amide bonds. The smallest absolute Gasteiger partial charge is 0.0508 e. The number of nitrogens with one attached hydrogen (secondary N) is 1. The standard InChI is InChI=1S/C12H19BrN2/c1-10(2)14-8-9-15(3)12-7-5-4-6-11(12)13/h4-7,10,14H,8-9H2,1-3H3. The van der Waals surface area contributed by atoms with E-state index in [1.54, 1.807) is 0 Å². The maximum Gasteiger partial charge on any atom is 0.0508 e. The minimum atomic E-state index is 0.553. The second kappa shape index (κ2) is 6.13. The molecular weight excluding hydrogens is 252 g/mol. The third-order valence-electron chi connectivity index (χ3n) is 2.26. The van der Waals surface area contributed by atoms with Gasteiger partial charge in [0.2, 0.25) is 0 Å². The molecule has 0 atom stereocenters. The Labute approximate surface area is 101 Å². The zero-order valence-corrected chi connectivity index (χ0v) is 11.2. The Morgan fingerprint density at radius 3 is 2.60 bits per heavy atom. The maximum absolute atomic E-state index is 3.56. The molecule has 1 aromatic carbocycles. The van der Waals surface area contributed by atoms with Crippen molar-refractivity contribution < 1.29 is 0 Å². The monoisotopic (exact) mass is 270 g/mol. The number of likely N-dealkylation sites (N-methyl/N-ethyl adjacent to an activating group) is 1. The first-order chi connectivity index (χ1) is 7.11. The first kappa shape index (κ1) is 12.5. The van der Waals surface area contributed by atoms with Gasteiger partial charge in [0.1, 0.15) is 0 Å². The SMILES string of the molecule is CC(C)NCCN(C)c1ccccc1Br. The number of nitrogens with zero attached hydrogens (tertiary/aromatic N) is 1. The van der Waals surface area contributed by atoms with E-state index in [1.807, 2.05) is 6.07 Å². The Bertz CT molecular complexity index is 299. The van der Waals surface area contributed by atoms with Gasteiger partial charge in [-0.3, -0.25) is 0 Å². The maximum atomic E-state index is 3.56. The predicted octanol–water partition coefficient (Wildman–Crippen LogP) is 2.88. The van der Waals surface area contributed by atoms with E-state index in [0.29, 0.717) is 6.04 Å². The van der Waals surface area contributed by atoms with Crippen LogP contribution in [0.2, 0.25) is 0 Å². The Kier molecular flexibility index (Phi) is 5.12. The summed E-state index contributed by atoms with van der Waals surface area (Å²) in [5.74, 6) is 0. The summed E-state index contributed by atoms with van der Waals surface area (Å²) in [7, 11) is 2.11.